The average Bonchev–Trinajstić information content (AvgIpc) is 2.54. The Morgan fingerprint density at radius 2 is 2.17 bits per heavy atom. The second-order valence-corrected chi connectivity index (χ2v) is 5.05. The number of ether oxygens (including phenoxy) is 1. The molecule has 0 radical (unpaired) electrons. The standard InChI is InChI=1S/C14H20N4O6/c1-24-12-7-9(18(22)23)3-4-10(12)17-13(19)8-11(14(20)21)16-6-2-5-15/h3-4,7,11,16H,2,5-6,8,15H2,1H3,(H,17,19)(H,20,21)/p+1/t11-/m0/s1. The monoisotopic (exact) mass is 341 g/mol. The molecule has 1 rings (SSSR count). The predicted molar refractivity (Wildman–Crippen MR) is 80.9 cm³/mol. The van der Waals surface area contributed by atoms with Gasteiger partial charge in [0.25, 0.3) is 5.69 Å². The predicted octanol–water partition coefficient (Wildman–Crippen LogP) is -2.75. The van der Waals surface area contributed by atoms with Crippen molar-refractivity contribution in [3.8, 4) is 5.75 Å². The van der Waals surface area contributed by atoms with E-state index >= 15 is 0 Å². The third kappa shape index (κ3) is 5.82. The summed E-state index contributed by atoms with van der Waals surface area (Å²) in [7, 11) is 1.31. The van der Waals surface area contributed by atoms with Gasteiger partial charge in [-0.15, -0.1) is 0 Å². The smallest absolute Gasteiger partial charge is 0.273 e. The van der Waals surface area contributed by atoms with Gasteiger partial charge < -0.3 is 31.0 Å². The number of methoxy groups -OCH3 is 1. The van der Waals surface area contributed by atoms with E-state index in [1.54, 1.807) is 0 Å². The van der Waals surface area contributed by atoms with Crippen molar-refractivity contribution in [2.45, 2.75) is 18.9 Å². The number of hydrogen-bond donors (Lipinski definition) is 3. The highest BCUT2D eigenvalue weighted by atomic mass is 16.6. The van der Waals surface area contributed by atoms with Gasteiger partial charge in [-0.2, -0.15) is 0 Å². The topological polar surface area (TPSA) is 166 Å². The van der Waals surface area contributed by atoms with E-state index < -0.39 is 22.8 Å². The summed E-state index contributed by atoms with van der Waals surface area (Å²) < 4.78 is 5.01. The van der Waals surface area contributed by atoms with Crippen molar-refractivity contribution in [3.63, 3.8) is 0 Å². The largest absolute Gasteiger partial charge is 0.544 e. The van der Waals surface area contributed by atoms with Crippen LogP contribution in [-0.2, 0) is 9.59 Å². The van der Waals surface area contributed by atoms with Gasteiger partial charge in [-0.1, -0.05) is 0 Å². The van der Waals surface area contributed by atoms with E-state index in [2.05, 4.69) is 11.1 Å². The van der Waals surface area contributed by atoms with Gasteiger partial charge in [0.2, 0.25) is 5.91 Å². The number of nitrogens with one attached hydrogen (secondary N) is 1. The van der Waals surface area contributed by atoms with Gasteiger partial charge in [0.15, 0.2) is 0 Å². The molecule has 0 aliphatic heterocycles. The molecule has 1 aromatic carbocycles. The molecule has 0 heterocycles. The van der Waals surface area contributed by atoms with Crippen LogP contribution in [0.1, 0.15) is 12.8 Å². The number of benzene rings is 1. The summed E-state index contributed by atoms with van der Waals surface area (Å²) in [6.07, 6.45) is 0.432. The number of nitrogens with two attached hydrogens (primary N) is 1. The lowest BCUT2D eigenvalue weighted by atomic mass is 10.2. The summed E-state index contributed by atoms with van der Waals surface area (Å²) in [5.74, 6) is -1.77. The lowest BCUT2D eigenvalue weighted by Gasteiger charge is -2.16. The number of rotatable bonds is 10. The highest BCUT2D eigenvalue weighted by Gasteiger charge is 2.20. The Balaban J connectivity index is 2.75. The first-order chi connectivity index (χ1) is 11.4. The number of amides is 1. The van der Waals surface area contributed by atoms with Crippen molar-refractivity contribution in [2.75, 3.05) is 25.5 Å². The fourth-order valence-corrected chi connectivity index (χ4v) is 2.02. The molecule has 0 spiro atoms. The SMILES string of the molecule is COc1cc([N+](=O)[O-])ccc1NC(=O)C[C@H]([NH2+]CCC[NH3+])C(=O)[O-]. The maximum Gasteiger partial charge on any atom is 0.273 e. The van der Waals surface area contributed by atoms with E-state index in [1.807, 2.05) is 0 Å². The first-order valence-electron chi connectivity index (χ1n) is 7.34. The summed E-state index contributed by atoms with van der Waals surface area (Å²) in [6, 6.07) is 2.71. The van der Waals surface area contributed by atoms with Crippen molar-refractivity contribution >= 4 is 23.3 Å². The summed E-state index contributed by atoms with van der Waals surface area (Å²) in [5.41, 5.74) is 3.70. The van der Waals surface area contributed by atoms with Crippen LogP contribution < -0.4 is 26.2 Å². The molecule has 1 aromatic rings. The number of quaternary nitrogens is 2. The summed E-state index contributed by atoms with van der Waals surface area (Å²) in [4.78, 5) is 33.3. The number of carbonyl (C=O) groups excluding carboxylic acids is 2. The number of non-ortho nitro benzene ring substituents is 1. The first kappa shape index (κ1) is 19.3. The summed E-state index contributed by atoms with van der Waals surface area (Å²) in [6.45, 7) is 1.19. The van der Waals surface area contributed by atoms with Crippen LogP contribution in [0.5, 0.6) is 5.75 Å². The van der Waals surface area contributed by atoms with Gasteiger partial charge in [0.1, 0.15) is 11.8 Å². The molecule has 132 valence electrons. The number of nitrogens with zero attached hydrogens (tertiary/aromatic N) is 1. The second-order valence-electron chi connectivity index (χ2n) is 5.05. The minimum absolute atomic E-state index is 0.114. The molecule has 0 bridgehead atoms. The lowest BCUT2D eigenvalue weighted by molar-refractivity contribution is -0.684. The van der Waals surface area contributed by atoms with Crippen LogP contribution in [0, 0.1) is 10.1 Å². The molecule has 1 amide bonds. The van der Waals surface area contributed by atoms with Gasteiger partial charge in [0.05, 0.1) is 49.3 Å². The number of hydrogen-bond acceptors (Lipinski definition) is 6. The fraction of sp³-hybridized carbons (Fsp3) is 0.429. The number of carbonyl (C=O) groups is 2. The molecule has 0 unspecified atom stereocenters. The van der Waals surface area contributed by atoms with Crippen molar-refractivity contribution < 1.29 is 35.4 Å². The minimum atomic E-state index is -1.33. The second kappa shape index (κ2) is 9.43. The zero-order valence-corrected chi connectivity index (χ0v) is 13.3. The molecular formula is C14H21N4O6+. The molecule has 0 fully saturated rings. The zero-order valence-electron chi connectivity index (χ0n) is 13.3. The minimum Gasteiger partial charge on any atom is -0.544 e. The Hall–Kier alpha value is -2.72. The van der Waals surface area contributed by atoms with Gasteiger partial charge in [-0.3, -0.25) is 14.9 Å². The molecule has 10 heteroatoms. The number of nitro benzene ring substituents is 1. The van der Waals surface area contributed by atoms with Gasteiger partial charge in [0, 0.05) is 12.5 Å². The van der Waals surface area contributed by atoms with E-state index in [0.717, 1.165) is 6.42 Å². The average molecular weight is 341 g/mol. The molecule has 0 saturated carbocycles. The van der Waals surface area contributed by atoms with Crippen LogP contribution in [0.15, 0.2) is 18.2 Å². The highest BCUT2D eigenvalue weighted by Crippen LogP contribution is 2.29. The van der Waals surface area contributed by atoms with Gasteiger partial charge in [-0.25, -0.2) is 0 Å². The maximum absolute atomic E-state index is 12.0. The first-order valence-corrected chi connectivity index (χ1v) is 7.34. The lowest BCUT2D eigenvalue weighted by Crippen LogP contribution is -2.93. The Labute approximate surface area is 138 Å². The number of carboxylic acid groups (broad SMARTS) is 1. The maximum atomic E-state index is 12.0. The Bertz CT molecular complexity index is 607. The zero-order chi connectivity index (χ0) is 18.1. The van der Waals surface area contributed by atoms with Crippen molar-refractivity contribution in [2.24, 2.45) is 0 Å². The van der Waals surface area contributed by atoms with Crippen LogP contribution in [0.25, 0.3) is 0 Å². The van der Waals surface area contributed by atoms with Crippen LogP contribution in [0.4, 0.5) is 11.4 Å². The summed E-state index contributed by atoms with van der Waals surface area (Å²) >= 11 is 0. The third-order valence-electron chi connectivity index (χ3n) is 3.28. The van der Waals surface area contributed by atoms with E-state index in [0.29, 0.717) is 13.1 Å². The molecule has 0 aliphatic rings. The molecule has 1 atom stereocenters. The number of nitro groups is 1. The molecule has 0 aromatic heterocycles. The van der Waals surface area contributed by atoms with Crippen LogP contribution in [-0.4, -0.2) is 43.0 Å². The van der Waals surface area contributed by atoms with Crippen molar-refractivity contribution in [1.82, 2.24) is 0 Å². The van der Waals surface area contributed by atoms with Gasteiger partial charge in [-0.05, 0) is 6.07 Å². The number of aliphatic carboxylic acids is 1. The Morgan fingerprint density at radius 1 is 1.46 bits per heavy atom. The molecule has 24 heavy (non-hydrogen) atoms. The quantitative estimate of drug-likeness (QED) is 0.237. The third-order valence-corrected chi connectivity index (χ3v) is 3.28. The van der Waals surface area contributed by atoms with Crippen LogP contribution in [0.2, 0.25) is 0 Å². The van der Waals surface area contributed by atoms with E-state index in [4.69, 9.17) is 4.74 Å². The number of anilines is 1. The van der Waals surface area contributed by atoms with Crippen molar-refractivity contribution in [3.05, 3.63) is 28.3 Å². The molecule has 0 saturated heterocycles. The Kier molecular flexibility index (Phi) is 7.59. The highest BCUT2D eigenvalue weighted by molar-refractivity contribution is 5.94. The van der Waals surface area contributed by atoms with Crippen LogP contribution in [0.3, 0.4) is 0 Å². The normalized spacial score (nSPS) is 11.6. The molecular weight excluding hydrogens is 320 g/mol. The fourth-order valence-electron chi connectivity index (χ4n) is 2.02. The molecule has 0 aliphatic carbocycles. The van der Waals surface area contributed by atoms with E-state index in [9.17, 15) is 24.8 Å². The molecule has 10 nitrogen and oxygen atoms in total. The Morgan fingerprint density at radius 3 is 2.71 bits per heavy atom. The molecule has 6 N–H and O–H groups in total. The summed E-state index contributed by atoms with van der Waals surface area (Å²) in [5, 5.41) is 25.8. The van der Waals surface area contributed by atoms with Gasteiger partial charge >= 0.3 is 0 Å². The van der Waals surface area contributed by atoms with E-state index in [-0.39, 0.29) is 23.5 Å². The number of carboxylic acids is 1. The van der Waals surface area contributed by atoms with Crippen LogP contribution >= 0.6 is 0 Å². The van der Waals surface area contributed by atoms with Crippen molar-refractivity contribution in [1.29, 1.82) is 0 Å². The van der Waals surface area contributed by atoms with E-state index in [1.165, 1.54) is 30.6 Å².